The van der Waals surface area contributed by atoms with E-state index in [2.05, 4.69) is 0 Å². The number of carbonyl (C=O) groups is 2. The summed E-state index contributed by atoms with van der Waals surface area (Å²) in [4.78, 5) is 24.6. The van der Waals surface area contributed by atoms with Crippen LogP contribution >= 0.6 is 0 Å². The van der Waals surface area contributed by atoms with E-state index in [4.69, 9.17) is 10.0 Å². The predicted molar refractivity (Wildman–Crippen MR) is 69.6 cm³/mol. The van der Waals surface area contributed by atoms with Gasteiger partial charge in [-0.2, -0.15) is 0 Å². The molecule has 4 nitrogen and oxygen atoms in total. The second-order valence-electron chi connectivity index (χ2n) is 4.38. The molecule has 0 saturated carbocycles. The Hall–Kier alpha value is -2.24. The largest absolute Gasteiger partial charge is 0.488 e. The Morgan fingerprint density at radius 2 is 1.26 bits per heavy atom. The highest BCUT2D eigenvalue weighted by Crippen LogP contribution is 2.26. The zero-order valence-corrected chi connectivity index (χ0v) is 9.83. The fraction of sp³-hybridized carbons (Fsp3) is 0. The van der Waals surface area contributed by atoms with E-state index in [1.165, 1.54) is 18.2 Å². The Balaban J connectivity index is 2.24. The van der Waals surface area contributed by atoms with Crippen molar-refractivity contribution >= 4 is 24.1 Å². The van der Waals surface area contributed by atoms with Gasteiger partial charge in [0.2, 0.25) is 0 Å². The zero-order chi connectivity index (χ0) is 13.6. The second-order valence-corrected chi connectivity index (χ2v) is 4.38. The van der Waals surface area contributed by atoms with Gasteiger partial charge in [-0.15, -0.1) is 0 Å². The lowest BCUT2D eigenvalue weighted by Gasteiger charge is -2.17. The van der Waals surface area contributed by atoms with Gasteiger partial charge in [-0.25, -0.2) is 0 Å². The van der Waals surface area contributed by atoms with Gasteiger partial charge in [0.15, 0.2) is 11.6 Å². The quantitative estimate of drug-likeness (QED) is 0.604. The van der Waals surface area contributed by atoms with E-state index >= 15 is 0 Å². The van der Waals surface area contributed by atoms with Crippen LogP contribution in [0.4, 0.5) is 0 Å². The minimum absolute atomic E-state index is 0.194. The highest BCUT2D eigenvalue weighted by atomic mass is 16.4. The molecule has 0 unspecified atom stereocenters. The smallest absolute Gasteiger partial charge is 0.423 e. The fourth-order valence-electron chi connectivity index (χ4n) is 2.28. The Bertz CT molecular complexity index is 706. The average Bonchev–Trinajstić information content (AvgIpc) is 2.44. The third kappa shape index (κ3) is 1.71. The molecule has 1 aliphatic rings. The Morgan fingerprint density at radius 1 is 0.737 bits per heavy atom. The highest BCUT2D eigenvalue weighted by molar-refractivity contribution is 6.58. The van der Waals surface area contributed by atoms with Crippen molar-refractivity contribution in [2.75, 3.05) is 0 Å². The lowest BCUT2D eigenvalue weighted by molar-refractivity contribution is 0.0979. The maximum Gasteiger partial charge on any atom is 0.488 e. The van der Waals surface area contributed by atoms with E-state index in [1.807, 2.05) is 0 Å². The third-order valence-corrected chi connectivity index (χ3v) is 3.25. The first-order valence-corrected chi connectivity index (χ1v) is 5.78. The van der Waals surface area contributed by atoms with Crippen LogP contribution in [0.15, 0.2) is 42.5 Å². The molecule has 0 bridgehead atoms. The lowest BCUT2D eigenvalue weighted by Crippen LogP contribution is -2.32. The van der Waals surface area contributed by atoms with Gasteiger partial charge in [-0.05, 0) is 5.46 Å². The van der Waals surface area contributed by atoms with E-state index in [0.29, 0.717) is 16.7 Å². The number of benzene rings is 2. The van der Waals surface area contributed by atoms with Crippen LogP contribution in [0.3, 0.4) is 0 Å². The summed E-state index contributed by atoms with van der Waals surface area (Å²) in [6.07, 6.45) is 0. The molecule has 0 fully saturated rings. The molecule has 0 saturated heterocycles. The molecule has 0 aliphatic heterocycles. The molecule has 19 heavy (non-hydrogen) atoms. The van der Waals surface area contributed by atoms with Crippen LogP contribution < -0.4 is 5.46 Å². The molecule has 5 heteroatoms. The topological polar surface area (TPSA) is 74.6 Å². The third-order valence-electron chi connectivity index (χ3n) is 3.25. The van der Waals surface area contributed by atoms with Crippen molar-refractivity contribution in [1.29, 1.82) is 0 Å². The summed E-state index contributed by atoms with van der Waals surface area (Å²) in [5.41, 5.74) is 1.45. The summed E-state index contributed by atoms with van der Waals surface area (Å²) in [5, 5.41) is 18.3. The standard InChI is InChI=1S/C14H9BO4/c16-13-9-3-1-2-4-10(9)14(17)12-7-8(15(18)19)5-6-11(12)13/h1-7,18-19H. The first-order chi connectivity index (χ1) is 9.09. The fourth-order valence-corrected chi connectivity index (χ4v) is 2.28. The van der Waals surface area contributed by atoms with Gasteiger partial charge < -0.3 is 10.0 Å². The summed E-state index contributed by atoms with van der Waals surface area (Å²) < 4.78 is 0. The molecule has 92 valence electrons. The second kappa shape index (κ2) is 4.15. The van der Waals surface area contributed by atoms with E-state index in [1.54, 1.807) is 24.3 Å². The minimum Gasteiger partial charge on any atom is -0.423 e. The Morgan fingerprint density at radius 3 is 1.84 bits per heavy atom. The minimum atomic E-state index is -1.66. The van der Waals surface area contributed by atoms with Crippen molar-refractivity contribution in [3.05, 3.63) is 64.7 Å². The molecule has 2 aromatic carbocycles. The van der Waals surface area contributed by atoms with Gasteiger partial charge in [0, 0.05) is 22.3 Å². The van der Waals surface area contributed by atoms with E-state index in [9.17, 15) is 9.59 Å². The van der Waals surface area contributed by atoms with E-state index in [-0.39, 0.29) is 22.6 Å². The number of rotatable bonds is 1. The summed E-state index contributed by atoms with van der Waals surface area (Å²) in [6.45, 7) is 0. The zero-order valence-electron chi connectivity index (χ0n) is 9.83. The van der Waals surface area contributed by atoms with Crippen LogP contribution in [0.1, 0.15) is 31.8 Å². The summed E-state index contributed by atoms with van der Waals surface area (Å²) in [7, 11) is -1.66. The van der Waals surface area contributed by atoms with Crippen molar-refractivity contribution in [3.8, 4) is 0 Å². The summed E-state index contributed by atoms with van der Waals surface area (Å²) in [5.74, 6) is -0.489. The maximum absolute atomic E-state index is 12.3. The molecule has 0 spiro atoms. The van der Waals surface area contributed by atoms with Crippen molar-refractivity contribution in [3.63, 3.8) is 0 Å². The van der Waals surface area contributed by atoms with Crippen molar-refractivity contribution in [2.24, 2.45) is 0 Å². The molecule has 0 radical (unpaired) electrons. The predicted octanol–water partition coefficient (Wildman–Crippen LogP) is 0.142. The van der Waals surface area contributed by atoms with Crippen LogP contribution in [-0.2, 0) is 0 Å². The van der Waals surface area contributed by atoms with Crippen LogP contribution in [0, 0.1) is 0 Å². The van der Waals surface area contributed by atoms with Crippen molar-refractivity contribution < 1.29 is 19.6 Å². The van der Waals surface area contributed by atoms with Gasteiger partial charge in [-0.3, -0.25) is 9.59 Å². The number of carbonyl (C=O) groups excluding carboxylic acids is 2. The SMILES string of the molecule is O=C1c2ccccc2C(=O)c2cc(B(O)O)ccc21. The van der Waals surface area contributed by atoms with E-state index in [0.717, 1.165) is 0 Å². The monoisotopic (exact) mass is 252 g/mol. The van der Waals surface area contributed by atoms with Gasteiger partial charge >= 0.3 is 7.12 Å². The molecule has 0 atom stereocenters. The molecule has 0 amide bonds. The van der Waals surface area contributed by atoms with Gasteiger partial charge in [-0.1, -0.05) is 42.5 Å². The van der Waals surface area contributed by atoms with Crippen LogP contribution in [0.2, 0.25) is 0 Å². The van der Waals surface area contributed by atoms with Crippen LogP contribution in [0.25, 0.3) is 0 Å². The summed E-state index contributed by atoms with van der Waals surface area (Å²) >= 11 is 0. The normalized spacial score (nSPS) is 12.9. The molecule has 0 heterocycles. The molecule has 0 aromatic heterocycles. The Labute approximate surface area is 109 Å². The van der Waals surface area contributed by atoms with Crippen molar-refractivity contribution in [1.82, 2.24) is 0 Å². The highest BCUT2D eigenvalue weighted by Gasteiger charge is 2.30. The molecule has 3 rings (SSSR count). The lowest BCUT2D eigenvalue weighted by atomic mass is 9.75. The molecular formula is C14H9BO4. The average molecular weight is 252 g/mol. The number of hydrogen-bond acceptors (Lipinski definition) is 4. The molecule has 1 aliphatic carbocycles. The number of hydrogen-bond donors (Lipinski definition) is 2. The summed E-state index contributed by atoms with van der Waals surface area (Å²) in [6, 6.07) is 10.9. The van der Waals surface area contributed by atoms with Gasteiger partial charge in [0.1, 0.15) is 0 Å². The van der Waals surface area contributed by atoms with Crippen molar-refractivity contribution in [2.45, 2.75) is 0 Å². The van der Waals surface area contributed by atoms with Crippen LogP contribution in [-0.4, -0.2) is 28.7 Å². The molecule has 2 N–H and O–H groups in total. The first kappa shape index (κ1) is 11.8. The van der Waals surface area contributed by atoms with Crippen LogP contribution in [0.5, 0.6) is 0 Å². The van der Waals surface area contributed by atoms with Gasteiger partial charge in [0.05, 0.1) is 0 Å². The molecule has 2 aromatic rings. The maximum atomic E-state index is 12.3. The number of fused-ring (bicyclic) bond motifs is 2. The first-order valence-electron chi connectivity index (χ1n) is 5.78. The number of ketones is 2. The Kier molecular flexibility index (Phi) is 2.59. The van der Waals surface area contributed by atoms with Gasteiger partial charge in [0.25, 0.3) is 0 Å². The molecular weight excluding hydrogens is 243 g/mol. The van der Waals surface area contributed by atoms with E-state index < -0.39 is 7.12 Å².